The molecule has 1 N–H and O–H groups in total. The number of fused-ring (bicyclic) bond motifs is 1. The van der Waals surface area contributed by atoms with Crippen LogP contribution in [0.15, 0.2) is 48.8 Å². The van der Waals surface area contributed by atoms with E-state index in [2.05, 4.69) is 21.2 Å². The van der Waals surface area contributed by atoms with E-state index in [0.717, 1.165) is 5.56 Å². The van der Waals surface area contributed by atoms with Gasteiger partial charge in [0.15, 0.2) is 0 Å². The van der Waals surface area contributed by atoms with Gasteiger partial charge in [-0.25, -0.2) is 4.98 Å². The van der Waals surface area contributed by atoms with Gasteiger partial charge in [-0.2, -0.15) is 0 Å². The standard InChI is InChI=1S/C22H20ClN3O/c1-4-22(5-2,6-3)26-21(27)18-14-20(15-9-11-24-12-10-15)25-19-8-7-16(23)13-17(18)19/h1,7-14H,5-6H2,2-3H3,(H,26,27). The number of terminal acetylenes is 1. The Kier molecular flexibility index (Phi) is 5.43. The van der Waals surface area contributed by atoms with Crippen LogP contribution in [0.2, 0.25) is 5.02 Å². The highest BCUT2D eigenvalue weighted by Crippen LogP contribution is 2.27. The second-order valence-corrected chi connectivity index (χ2v) is 6.78. The summed E-state index contributed by atoms with van der Waals surface area (Å²) in [7, 11) is 0. The van der Waals surface area contributed by atoms with Gasteiger partial charge in [0.2, 0.25) is 0 Å². The van der Waals surface area contributed by atoms with Crippen LogP contribution in [-0.4, -0.2) is 21.4 Å². The van der Waals surface area contributed by atoms with Gasteiger partial charge in [0.1, 0.15) is 5.54 Å². The third-order valence-corrected chi connectivity index (χ3v) is 5.06. The Morgan fingerprint density at radius 3 is 2.52 bits per heavy atom. The van der Waals surface area contributed by atoms with Gasteiger partial charge < -0.3 is 5.32 Å². The molecule has 0 radical (unpaired) electrons. The smallest absolute Gasteiger partial charge is 0.253 e. The summed E-state index contributed by atoms with van der Waals surface area (Å²) >= 11 is 6.17. The van der Waals surface area contributed by atoms with Crippen molar-refractivity contribution in [2.75, 3.05) is 0 Å². The monoisotopic (exact) mass is 377 g/mol. The van der Waals surface area contributed by atoms with Gasteiger partial charge >= 0.3 is 0 Å². The van der Waals surface area contributed by atoms with Gasteiger partial charge in [-0.3, -0.25) is 9.78 Å². The molecule has 0 bridgehead atoms. The fraction of sp³-hybridized carbons (Fsp3) is 0.227. The zero-order chi connectivity index (χ0) is 19.4. The van der Waals surface area contributed by atoms with Crippen LogP contribution >= 0.6 is 11.6 Å². The predicted molar refractivity (Wildman–Crippen MR) is 110 cm³/mol. The van der Waals surface area contributed by atoms with Crippen LogP contribution < -0.4 is 5.32 Å². The molecule has 5 heteroatoms. The second-order valence-electron chi connectivity index (χ2n) is 6.34. The Bertz CT molecular complexity index is 1020. The summed E-state index contributed by atoms with van der Waals surface area (Å²) in [4.78, 5) is 21.9. The van der Waals surface area contributed by atoms with Gasteiger partial charge in [0.25, 0.3) is 5.91 Å². The summed E-state index contributed by atoms with van der Waals surface area (Å²) in [5.41, 5.74) is 2.08. The summed E-state index contributed by atoms with van der Waals surface area (Å²) in [5, 5.41) is 4.26. The minimum Gasteiger partial charge on any atom is -0.336 e. The minimum atomic E-state index is -0.678. The Morgan fingerprint density at radius 2 is 1.89 bits per heavy atom. The van der Waals surface area contributed by atoms with Crippen molar-refractivity contribution in [3.8, 4) is 23.6 Å². The van der Waals surface area contributed by atoms with E-state index < -0.39 is 5.54 Å². The van der Waals surface area contributed by atoms with Crippen LogP contribution in [0.25, 0.3) is 22.2 Å². The Hall–Kier alpha value is -2.90. The number of benzene rings is 1. The number of halogens is 1. The summed E-state index contributed by atoms with van der Waals surface area (Å²) in [6.45, 7) is 3.93. The first kappa shape index (κ1) is 18.9. The fourth-order valence-corrected chi connectivity index (χ4v) is 3.18. The van der Waals surface area contributed by atoms with Gasteiger partial charge in [0, 0.05) is 28.4 Å². The van der Waals surface area contributed by atoms with E-state index in [1.165, 1.54) is 0 Å². The third-order valence-electron chi connectivity index (χ3n) is 4.83. The Balaban J connectivity index is 2.16. The quantitative estimate of drug-likeness (QED) is 0.645. The molecule has 0 saturated heterocycles. The Labute approximate surface area is 164 Å². The third kappa shape index (κ3) is 3.79. The molecule has 0 aliphatic heterocycles. The van der Waals surface area contributed by atoms with Crippen molar-refractivity contribution >= 4 is 28.4 Å². The van der Waals surface area contributed by atoms with Crippen molar-refractivity contribution in [2.24, 2.45) is 0 Å². The van der Waals surface area contributed by atoms with Crippen molar-refractivity contribution in [2.45, 2.75) is 32.2 Å². The molecule has 2 heterocycles. The minimum absolute atomic E-state index is 0.235. The first-order chi connectivity index (χ1) is 13.0. The number of nitrogens with one attached hydrogen (secondary N) is 1. The molecule has 1 amide bonds. The van der Waals surface area contributed by atoms with Crippen LogP contribution in [0.3, 0.4) is 0 Å². The summed E-state index contributed by atoms with van der Waals surface area (Å²) in [5.74, 6) is 2.50. The van der Waals surface area contributed by atoms with Crippen LogP contribution in [0, 0.1) is 12.3 Å². The van der Waals surface area contributed by atoms with Crippen LogP contribution in [0.4, 0.5) is 0 Å². The first-order valence-electron chi connectivity index (χ1n) is 8.83. The lowest BCUT2D eigenvalue weighted by atomic mass is 9.93. The van der Waals surface area contributed by atoms with Crippen molar-refractivity contribution in [3.63, 3.8) is 0 Å². The molecule has 0 fully saturated rings. The Morgan fingerprint density at radius 1 is 1.19 bits per heavy atom. The zero-order valence-electron chi connectivity index (χ0n) is 15.3. The predicted octanol–water partition coefficient (Wildman–Crippen LogP) is 4.87. The van der Waals surface area contributed by atoms with E-state index in [4.69, 9.17) is 18.0 Å². The van der Waals surface area contributed by atoms with Gasteiger partial charge in [-0.15, -0.1) is 6.42 Å². The van der Waals surface area contributed by atoms with Gasteiger partial charge in [-0.05, 0) is 49.2 Å². The number of hydrogen-bond donors (Lipinski definition) is 1. The van der Waals surface area contributed by atoms with Crippen molar-refractivity contribution in [3.05, 3.63) is 59.4 Å². The average molecular weight is 378 g/mol. The van der Waals surface area contributed by atoms with Crippen molar-refractivity contribution in [1.29, 1.82) is 0 Å². The maximum absolute atomic E-state index is 13.2. The molecule has 0 aliphatic carbocycles. The summed E-state index contributed by atoms with van der Waals surface area (Å²) in [6.07, 6.45) is 10.4. The average Bonchev–Trinajstić information content (AvgIpc) is 2.72. The molecule has 0 spiro atoms. The van der Waals surface area contributed by atoms with E-state index in [1.54, 1.807) is 30.6 Å². The van der Waals surface area contributed by atoms with E-state index in [9.17, 15) is 4.79 Å². The van der Waals surface area contributed by atoms with Crippen molar-refractivity contribution < 1.29 is 4.79 Å². The summed E-state index contributed by atoms with van der Waals surface area (Å²) in [6, 6.07) is 10.8. The maximum atomic E-state index is 13.2. The molecule has 136 valence electrons. The molecule has 2 aromatic heterocycles. The molecule has 3 aromatic rings. The molecule has 0 aliphatic rings. The first-order valence-corrected chi connectivity index (χ1v) is 9.20. The number of rotatable bonds is 5. The number of pyridine rings is 2. The number of nitrogens with zero attached hydrogens (tertiary/aromatic N) is 2. The van der Waals surface area contributed by atoms with E-state index in [-0.39, 0.29) is 5.91 Å². The molecular formula is C22H20ClN3O. The molecule has 0 unspecified atom stereocenters. The van der Waals surface area contributed by atoms with Crippen LogP contribution in [0.1, 0.15) is 37.0 Å². The van der Waals surface area contributed by atoms with Crippen LogP contribution in [-0.2, 0) is 0 Å². The lowest BCUT2D eigenvalue weighted by Gasteiger charge is -2.27. The van der Waals surface area contributed by atoms with Gasteiger partial charge in [0.05, 0.1) is 16.8 Å². The van der Waals surface area contributed by atoms with Crippen molar-refractivity contribution in [1.82, 2.24) is 15.3 Å². The summed E-state index contributed by atoms with van der Waals surface area (Å²) < 4.78 is 0. The number of aromatic nitrogens is 2. The number of carbonyl (C=O) groups excluding carboxylic acids is 1. The van der Waals surface area contributed by atoms with E-state index in [0.29, 0.717) is 40.0 Å². The highest BCUT2D eigenvalue weighted by Gasteiger charge is 2.27. The molecule has 1 aromatic carbocycles. The molecule has 27 heavy (non-hydrogen) atoms. The molecule has 4 nitrogen and oxygen atoms in total. The molecule has 0 atom stereocenters. The normalized spacial score (nSPS) is 11.2. The van der Waals surface area contributed by atoms with Gasteiger partial charge in [-0.1, -0.05) is 31.4 Å². The second kappa shape index (κ2) is 7.77. The zero-order valence-corrected chi connectivity index (χ0v) is 16.0. The highest BCUT2D eigenvalue weighted by atomic mass is 35.5. The van der Waals surface area contributed by atoms with E-state index in [1.807, 2.05) is 32.0 Å². The molecule has 3 rings (SSSR count). The lowest BCUT2D eigenvalue weighted by Crippen LogP contribution is -2.46. The fourth-order valence-electron chi connectivity index (χ4n) is 3.01. The lowest BCUT2D eigenvalue weighted by molar-refractivity contribution is 0.0918. The molecular weight excluding hydrogens is 358 g/mol. The highest BCUT2D eigenvalue weighted by molar-refractivity contribution is 6.31. The largest absolute Gasteiger partial charge is 0.336 e. The molecule has 0 saturated carbocycles. The number of hydrogen-bond acceptors (Lipinski definition) is 3. The topological polar surface area (TPSA) is 54.9 Å². The number of carbonyl (C=O) groups is 1. The SMILES string of the molecule is C#CC(CC)(CC)NC(=O)c1cc(-c2ccncc2)nc2ccc(Cl)cc12. The van der Waals surface area contributed by atoms with E-state index >= 15 is 0 Å². The van der Waals surface area contributed by atoms with Crippen LogP contribution in [0.5, 0.6) is 0 Å². The number of amides is 1. The maximum Gasteiger partial charge on any atom is 0.253 e.